The summed E-state index contributed by atoms with van der Waals surface area (Å²) in [6.07, 6.45) is 0. The number of halogens is 1. The molecule has 1 N–H and O–H groups in total. The number of nitrogens with one attached hydrogen (secondary N) is 1. The average molecular weight is 298 g/mol. The van der Waals surface area contributed by atoms with Gasteiger partial charge in [-0.15, -0.1) is 11.3 Å². The molecule has 0 aliphatic rings. The van der Waals surface area contributed by atoms with Gasteiger partial charge in [-0.1, -0.05) is 11.6 Å². The maximum Gasteiger partial charge on any atom is 0.376 e. The fourth-order valence-corrected chi connectivity index (χ4v) is 2.49. The molecule has 7 heteroatoms. The van der Waals surface area contributed by atoms with Crippen LogP contribution in [-0.2, 0) is 11.3 Å². The highest BCUT2D eigenvalue weighted by Gasteiger charge is 2.11. The van der Waals surface area contributed by atoms with Crippen LogP contribution in [0, 0.1) is 6.92 Å². The second-order valence-electron chi connectivity index (χ2n) is 3.77. The number of carbonyl (C=O) groups is 1. The van der Waals surface area contributed by atoms with Crippen LogP contribution in [0.5, 0.6) is 0 Å². The van der Waals surface area contributed by atoms with E-state index in [9.17, 15) is 4.79 Å². The standard InChI is InChI=1S/C12H12ClN3O2S/c1-7-5-10(16-11(15-7)12(17)18-2)14-6-8-3-4-9(13)19-8/h3-5H,6H2,1-2H3,(H,14,15,16). The minimum atomic E-state index is -0.550. The molecule has 5 nitrogen and oxygen atoms in total. The molecular weight excluding hydrogens is 286 g/mol. The zero-order valence-electron chi connectivity index (χ0n) is 10.4. The van der Waals surface area contributed by atoms with E-state index in [2.05, 4.69) is 20.0 Å². The first-order valence-electron chi connectivity index (χ1n) is 5.50. The number of aryl methyl sites for hydroxylation is 1. The van der Waals surface area contributed by atoms with Gasteiger partial charge in [0.2, 0.25) is 5.82 Å². The van der Waals surface area contributed by atoms with E-state index in [1.54, 1.807) is 13.0 Å². The lowest BCUT2D eigenvalue weighted by atomic mass is 10.4. The second-order valence-corrected chi connectivity index (χ2v) is 5.57. The van der Waals surface area contributed by atoms with Gasteiger partial charge in [-0.2, -0.15) is 0 Å². The molecule has 2 rings (SSSR count). The molecule has 0 saturated carbocycles. The van der Waals surface area contributed by atoms with Gasteiger partial charge in [0, 0.05) is 16.6 Å². The lowest BCUT2D eigenvalue weighted by Gasteiger charge is -2.06. The summed E-state index contributed by atoms with van der Waals surface area (Å²) >= 11 is 7.35. The van der Waals surface area contributed by atoms with Crippen molar-refractivity contribution in [2.75, 3.05) is 12.4 Å². The molecule has 0 atom stereocenters. The van der Waals surface area contributed by atoms with Gasteiger partial charge < -0.3 is 10.1 Å². The van der Waals surface area contributed by atoms with Gasteiger partial charge in [0.05, 0.1) is 18.0 Å². The van der Waals surface area contributed by atoms with Gasteiger partial charge in [0.15, 0.2) is 0 Å². The molecule has 0 radical (unpaired) electrons. The van der Waals surface area contributed by atoms with Crippen LogP contribution in [0.15, 0.2) is 18.2 Å². The van der Waals surface area contributed by atoms with Crippen LogP contribution in [0.2, 0.25) is 4.34 Å². The fraction of sp³-hybridized carbons (Fsp3) is 0.250. The fourth-order valence-electron chi connectivity index (χ4n) is 1.47. The van der Waals surface area contributed by atoms with Crippen molar-refractivity contribution < 1.29 is 9.53 Å². The predicted molar refractivity (Wildman–Crippen MR) is 74.8 cm³/mol. The number of rotatable bonds is 4. The molecule has 0 aromatic carbocycles. The molecule has 2 aromatic rings. The first-order chi connectivity index (χ1) is 9.08. The minimum absolute atomic E-state index is 0.0502. The summed E-state index contributed by atoms with van der Waals surface area (Å²) in [5.74, 6) is 0.0811. The van der Waals surface area contributed by atoms with E-state index in [1.807, 2.05) is 12.1 Å². The molecule has 100 valence electrons. The summed E-state index contributed by atoms with van der Waals surface area (Å²) in [4.78, 5) is 20.6. The van der Waals surface area contributed by atoms with Crippen molar-refractivity contribution in [3.63, 3.8) is 0 Å². The van der Waals surface area contributed by atoms with E-state index in [0.717, 1.165) is 9.21 Å². The van der Waals surface area contributed by atoms with Crippen molar-refractivity contribution >= 4 is 34.7 Å². The summed E-state index contributed by atoms with van der Waals surface area (Å²) in [5.41, 5.74) is 0.696. The Labute approximate surface area is 119 Å². The Morgan fingerprint density at radius 1 is 1.47 bits per heavy atom. The summed E-state index contributed by atoms with van der Waals surface area (Å²) in [6, 6.07) is 5.55. The summed E-state index contributed by atoms with van der Waals surface area (Å²) in [7, 11) is 1.30. The molecule has 19 heavy (non-hydrogen) atoms. The highest BCUT2D eigenvalue weighted by Crippen LogP contribution is 2.22. The molecule has 0 unspecified atom stereocenters. The minimum Gasteiger partial charge on any atom is -0.463 e. The number of hydrogen-bond acceptors (Lipinski definition) is 6. The molecule has 2 heterocycles. The van der Waals surface area contributed by atoms with Crippen LogP contribution in [-0.4, -0.2) is 23.0 Å². The number of aromatic nitrogens is 2. The van der Waals surface area contributed by atoms with Crippen molar-refractivity contribution in [1.82, 2.24) is 9.97 Å². The third-order valence-corrected chi connectivity index (χ3v) is 3.53. The topological polar surface area (TPSA) is 64.1 Å². The first-order valence-corrected chi connectivity index (χ1v) is 6.70. The second kappa shape index (κ2) is 5.99. The largest absolute Gasteiger partial charge is 0.463 e. The number of ether oxygens (including phenoxy) is 1. The summed E-state index contributed by atoms with van der Waals surface area (Å²) < 4.78 is 5.35. The Hall–Kier alpha value is -1.66. The number of thiophene rings is 1. The Kier molecular flexibility index (Phi) is 4.34. The molecule has 0 spiro atoms. The van der Waals surface area contributed by atoms with Crippen molar-refractivity contribution in [3.05, 3.63) is 38.9 Å². The molecule has 2 aromatic heterocycles. The van der Waals surface area contributed by atoms with Gasteiger partial charge in [-0.3, -0.25) is 0 Å². The Balaban J connectivity index is 2.11. The molecule has 0 aliphatic heterocycles. The molecular formula is C12H12ClN3O2S. The third-order valence-electron chi connectivity index (χ3n) is 2.29. The highest BCUT2D eigenvalue weighted by atomic mass is 35.5. The van der Waals surface area contributed by atoms with E-state index in [1.165, 1.54) is 18.4 Å². The summed E-state index contributed by atoms with van der Waals surface area (Å²) in [5, 5.41) is 3.13. The van der Waals surface area contributed by atoms with E-state index in [-0.39, 0.29) is 5.82 Å². The molecule has 0 amide bonds. The van der Waals surface area contributed by atoms with Gasteiger partial charge in [-0.25, -0.2) is 14.8 Å². The average Bonchev–Trinajstić information content (AvgIpc) is 2.80. The number of carbonyl (C=O) groups excluding carboxylic acids is 1. The van der Waals surface area contributed by atoms with E-state index < -0.39 is 5.97 Å². The summed E-state index contributed by atoms with van der Waals surface area (Å²) in [6.45, 7) is 2.38. The SMILES string of the molecule is COC(=O)c1nc(C)cc(NCc2ccc(Cl)s2)n1. The first kappa shape index (κ1) is 13.8. The van der Waals surface area contributed by atoms with Crippen molar-refractivity contribution in [3.8, 4) is 0 Å². The molecule has 0 bridgehead atoms. The quantitative estimate of drug-likeness (QED) is 0.879. The maximum absolute atomic E-state index is 11.4. The van der Waals surface area contributed by atoms with E-state index in [0.29, 0.717) is 18.1 Å². The number of hydrogen-bond donors (Lipinski definition) is 1. The normalized spacial score (nSPS) is 10.3. The van der Waals surface area contributed by atoms with E-state index >= 15 is 0 Å². The number of esters is 1. The Bertz CT molecular complexity index is 600. The van der Waals surface area contributed by atoms with Crippen molar-refractivity contribution in [2.45, 2.75) is 13.5 Å². The number of anilines is 1. The lowest BCUT2D eigenvalue weighted by molar-refractivity contribution is 0.0586. The van der Waals surface area contributed by atoms with Crippen LogP contribution in [0.4, 0.5) is 5.82 Å². The number of nitrogens with zero attached hydrogens (tertiary/aromatic N) is 2. The Morgan fingerprint density at radius 3 is 2.89 bits per heavy atom. The van der Waals surface area contributed by atoms with Gasteiger partial charge in [-0.05, 0) is 19.1 Å². The predicted octanol–water partition coefficient (Wildman–Crippen LogP) is 2.90. The van der Waals surface area contributed by atoms with Crippen molar-refractivity contribution in [1.29, 1.82) is 0 Å². The molecule has 0 aliphatic carbocycles. The van der Waals surface area contributed by atoms with Crippen LogP contribution in [0.25, 0.3) is 0 Å². The smallest absolute Gasteiger partial charge is 0.376 e. The molecule has 0 saturated heterocycles. The maximum atomic E-state index is 11.4. The third kappa shape index (κ3) is 3.65. The van der Waals surface area contributed by atoms with E-state index in [4.69, 9.17) is 11.6 Å². The van der Waals surface area contributed by atoms with Gasteiger partial charge >= 0.3 is 5.97 Å². The van der Waals surface area contributed by atoms with Crippen LogP contribution in [0.3, 0.4) is 0 Å². The zero-order valence-corrected chi connectivity index (χ0v) is 12.0. The van der Waals surface area contributed by atoms with Crippen LogP contribution >= 0.6 is 22.9 Å². The Morgan fingerprint density at radius 2 is 2.26 bits per heavy atom. The highest BCUT2D eigenvalue weighted by molar-refractivity contribution is 7.16. The zero-order chi connectivity index (χ0) is 13.8. The molecule has 0 fully saturated rings. The van der Waals surface area contributed by atoms with Crippen molar-refractivity contribution in [2.24, 2.45) is 0 Å². The van der Waals surface area contributed by atoms with Gasteiger partial charge in [0.25, 0.3) is 0 Å². The number of methoxy groups -OCH3 is 1. The van der Waals surface area contributed by atoms with Gasteiger partial charge in [0.1, 0.15) is 5.82 Å². The van der Waals surface area contributed by atoms with Crippen LogP contribution in [0.1, 0.15) is 21.2 Å². The monoisotopic (exact) mass is 297 g/mol. The lowest BCUT2D eigenvalue weighted by Crippen LogP contribution is -2.11. The van der Waals surface area contributed by atoms with Crippen LogP contribution < -0.4 is 5.32 Å².